The first-order chi connectivity index (χ1) is 20.0. The summed E-state index contributed by atoms with van der Waals surface area (Å²) in [4.78, 5) is 49.2. The Labute approximate surface area is 256 Å². The van der Waals surface area contributed by atoms with Crippen molar-refractivity contribution >= 4 is 45.7 Å². The summed E-state index contributed by atoms with van der Waals surface area (Å²) in [6, 6.07) is 5.98. The molecule has 1 aromatic carbocycles. The largest absolute Gasteiger partial charge is 0.448 e. The van der Waals surface area contributed by atoms with Crippen molar-refractivity contribution in [3.63, 3.8) is 0 Å². The van der Waals surface area contributed by atoms with Gasteiger partial charge in [0, 0.05) is 28.1 Å². The fourth-order valence-electron chi connectivity index (χ4n) is 4.68. The van der Waals surface area contributed by atoms with E-state index in [0.29, 0.717) is 12.8 Å². The first kappa shape index (κ1) is 34.6. The van der Waals surface area contributed by atoms with Crippen LogP contribution in [0.3, 0.4) is 0 Å². The third kappa shape index (κ3) is 9.81. The molecule has 0 radical (unpaired) electrons. The number of aliphatic hydroxyl groups is 1. The second kappa shape index (κ2) is 14.3. The van der Waals surface area contributed by atoms with Crippen molar-refractivity contribution < 1.29 is 42.0 Å². The van der Waals surface area contributed by atoms with E-state index in [0.717, 1.165) is 4.90 Å². The van der Waals surface area contributed by atoms with Crippen LogP contribution in [0.25, 0.3) is 0 Å². The fraction of sp³-hybridized carbons (Fsp3) is 0.643. The molecule has 0 unspecified atom stereocenters. The quantitative estimate of drug-likeness (QED) is 0.121. The molecule has 1 aliphatic carbocycles. The second-order valence-corrected chi connectivity index (χ2v) is 15.4. The molecule has 1 heterocycles. The van der Waals surface area contributed by atoms with E-state index in [1.54, 1.807) is 13.8 Å². The summed E-state index contributed by atoms with van der Waals surface area (Å²) in [5, 5.41) is 21.1. The Balaban J connectivity index is 1.78. The van der Waals surface area contributed by atoms with Crippen LogP contribution >= 0.6 is 11.8 Å². The first-order valence-corrected chi connectivity index (χ1v) is 16.5. The lowest BCUT2D eigenvalue weighted by molar-refractivity contribution is -0.138. The molecule has 6 N–H and O–H groups in total. The Bertz CT molecular complexity index is 1270. The van der Waals surface area contributed by atoms with E-state index >= 15 is 0 Å². The van der Waals surface area contributed by atoms with Crippen molar-refractivity contribution in [2.24, 2.45) is 11.8 Å². The van der Waals surface area contributed by atoms with Crippen LogP contribution < -0.4 is 21.3 Å². The minimum atomic E-state index is -5.53. The number of rotatable bonds is 15. The maximum atomic E-state index is 13.5. The van der Waals surface area contributed by atoms with Crippen LogP contribution in [0.5, 0.6) is 0 Å². The minimum Gasteiger partial charge on any atom is -0.448 e. The predicted molar refractivity (Wildman–Crippen MR) is 159 cm³/mol. The summed E-state index contributed by atoms with van der Waals surface area (Å²) < 4.78 is 40.0. The van der Waals surface area contributed by atoms with Crippen molar-refractivity contribution in [3.8, 4) is 0 Å². The van der Waals surface area contributed by atoms with Gasteiger partial charge in [0.2, 0.25) is 11.8 Å². The summed E-state index contributed by atoms with van der Waals surface area (Å²) in [6.45, 7) is 7.66. The maximum absolute atomic E-state index is 13.5. The SMILES string of the molecule is CC(C)C[C@H](NC(=O)OCC(C)(C)Sc1ccccc1)C(=O)N[C@@H](C[C@@H]1CCNC1=O)[C@@](O)(C(=O)NC1CC1)S(=O)(=O)O. The summed E-state index contributed by atoms with van der Waals surface area (Å²) in [7, 11) is -5.53. The van der Waals surface area contributed by atoms with Crippen molar-refractivity contribution in [3.05, 3.63) is 30.3 Å². The van der Waals surface area contributed by atoms with Gasteiger partial charge in [-0.25, -0.2) is 4.79 Å². The topological polar surface area (TPSA) is 200 Å². The normalized spacial score (nSPS) is 20.0. The Morgan fingerprint density at radius 3 is 2.30 bits per heavy atom. The van der Waals surface area contributed by atoms with E-state index in [-0.39, 0.29) is 38.0 Å². The molecule has 240 valence electrons. The molecule has 2 aliphatic rings. The smallest absolute Gasteiger partial charge is 0.407 e. The Kier molecular flexibility index (Phi) is 11.5. The van der Waals surface area contributed by atoms with Gasteiger partial charge in [0.05, 0.1) is 6.04 Å². The van der Waals surface area contributed by atoms with Gasteiger partial charge in [-0.1, -0.05) is 32.0 Å². The van der Waals surface area contributed by atoms with Gasteiger partial charge in [0.15, 0.2) is 0 Å². The van der Waals surface area contributed by atoms with Crippen LogP contribution in [0.2, 0.25) is 0 Å². The average Bonchev–Trinajstić information content (AvgIpc) is 3.64. The molecule has 0 bridgehead atoms. The summed E-state index contributed by atoms with van der Waals surface area (Å²) in [5.41, 5.74) is 0. The van der Waals surface area contributed by atoms with E-state index in [1.807, 2.05) is 44.2 Å². The summed E-state index contributed by atoms with van der Waals surface area (Å²) in [6.07, 6.45) is 0.101. The van der Waals surface area contributed by atoms with Crippen LogP contribution in [0, 0.1) is 11.8 Å². The van der Waals surface area contributed by atoms with Crippen molar-refractivity contribution in [1.29, 1.82) is 0 Å². The van der Waals surface area contributed by atoms with Gasteiger partial charge in [-0.2, -0.15) is 8.42 Å². The number of nitrogens with one attached hydrogen (secondary N) is 4. The van der Waals surface area contributed by atoms with Gasteiger partial charge < -0.3 is 31.1 Å². The molecule has 0 aromatic heterocycles. The van der Waals surface area contributed by atoms with Gasteiger partial charge in [-0.3, -0.25) is 18.9 Å². The summed E-state index contributed by atoms with van der Waals surface area (Å²) >= 11 is 1.50. The van der Waals surface area contributed by atoms with Gasteiger partial charge in [-0.15, -0.1) is 11.8 Å². The van der Waals surface area contributed by atoms with Crippen molar-refractivity contribution in [2.45, 2.75) is 92.5 Å². The number of carbonyl (C=O) groups is 4. The third-order valence-electron chi connectivity index (χ3n) is 7.11. The van der Waals surface area contributed by atoms with Crippen molar-refractivity contribution in [1.82, 2.24) is 21.3 Å². The molecule has 15 heteroatoms. The zero-order valence-corrected chi connectivity index (χ0v) is 26.4. The van der Waals surface area contributed by atoms with Gasteiger partial charge in [0.1, 0.15) is 12.6 Å². The Morgan fingerprint density at radius 2 is 1.77 bits per heavy atom. The third-order valence-corrected chi connectivity index (χ3v) is 9.54. The van der Waals surface area contributed by atoms with E-state index in [2.05, 4.69) is 21.3 Å². The lowest BCUT2D eigenvalue weighted by atomic mass is 9.93. The number of benzene rings is 1. The molecule has 4 atom stereocenters. The average molecular weight is 643 g/mol. The van der Waals surface area contributed by atoms with Crippen LogP contribution in [-0.2, 0) is 29.2 Å². The molecule has 13 nitrogen and oxygen atoms in total. The Morgan fingerprint density at radius 1 is 1.12 bits per heavy atom. The molecule has 1 saturated heterocycles. The zero-order valence-electron chi connectivity index (χ0n) is 24.8. The molecular formula is C28H42N4O9S2. The van der Waals surface area contributed by atoms with Gasteiger partial charge >= 0.3 is 16.2 Å². The van der Waals surface area contributed by atoms with Gasteiger partial charge in [-0.05, 0) is 64.0 Å². The second-order valence-electron chi connectivity index (χ2n) is 12.1. The molecule has 1 saturated carbocycles. The van der Waals surface area contributed by atoms with Gasteiger partial charge in [0.25, 0.3) is 10.8 Å². The monoisotopic (exact) mass is 642 g/mol. The molecule has 2 fully saturated rings. The molecule has 3 rings (SSSR count). The summed E-state index contributed by atoms with van der Waals surface area (Å²) in [5.74, 6) is -3.76. The number of hydrogen-bond donors (Lipinski definition) is 6. The predicted octanol–water partition coefficient (Wildman–Crippen LogP) is 1.56. The minimum absolute atomic E-state index is 0.00231. The van der Waals surface area contributed by atoms with Crippen LogP contribution in [0.4, 0.5) is 4.79 Å². The highest BCUT2D eigenvalue weighted by molar-refractivity contribution is 8.00. The number of carbonyl (C=O) groups excluding carboxylic acids is 4. The van der Waals surface area contributed by atoms with E-state index in [4.69, 9.17) is 4.74 Å². The van der Waals surface area contributed by atoms with Crippen molar-refractivity contribution in [2.75, 3.05) is 13.2 Å². The molecule has 43 heavy (non-hydrogen) atoms. The molecule has 1 aliphatic heterocycles. The zero-order chi connectivity index (χ0) is 32.0. The van der Waals surface area contributed by atoms with Crippen LogP contribution in [-0.4, -0.2) is 82.8 Å². The number of hydrogen-bond acceptors (Lipinski definition) is 9. The maximum Gasteiger partial charge on any atom is 0.407 e. The highest BCUT2D eigenvalue weighted by Gasteiger charge is 2.57. The van der Waals surface area contributed by atoms with Crippen LogP contribution in [0.1, 0.15) is 59.8 Å². The lowest BCUT2D eigenvalue weighted by Gasteiger charge is -2.34. The van der Waals surface area contributed by atoms with Crippen LogP contribution in [0.15, 0.2) is 35.2 Å². The Hall–Kier alpha value is -2.88. The standard InChI is InChI=1S/C28H42N4O9S2/c1-17(2)14-21(31-26(36)41-16-27(3,4)42-20-8-6-5-7-9-20)24(34)32-22(15-18-12-13-29-23(18)33)28(37,43(38,39)40)25(35)30-19-10-11-19/h5-9,17-19,21-22,37H,10-16H2,1-4H3,(H,29,33)(H,30,35)(H,31,36)(H,32,34)(H,38,39,40)/t18-,21-,22-,28-/m0/s1. The number of alkyl carbamates (subject to hydrolysis) is 1. The molecule has 4 amide bonds. The van der Waals surface area contributed by atoms with E-state index in [1.165, 1.54) is 11.8 Å². The molecule has 1 aromatic rings. The van der Waals surface area contributed by atoms with E-state index < -0.39 is 68.0 Å². The molecule has 0 spiro atoms. The first-order valence-electron chi connectivity index (χ1n) is 14.3. The molecular weight excluding hydrogens is 600 g/mol. The fourth-order valence-corrected chi connectivity index (χ4v) is 6.54. The highest BCUT2D eigenvalue weighted by atomic mass is 32.2. The highest BCUT2D eigenvalue weighted by Crippen LogP contribution is 2.32. The van der Waals surface area contributed by atoms with E-state index in [9.17, 15) is 37.3 Å². The number of ether oxygens (including phenoxy) is 1. The lowest BCUT2D eigenvalue weighted by Crippen LogP contribution is -2.67. The number of amides is 4. The number of thioether (sulfide) groups is 1.